The van der Waals surface area contributed by atoms with E-state index in [1.807, 2.05) is 45.0 Å². The Morgan fingerprint density at radius 2 is 1.84 bits per heavy atom. The minimum Gasteiger partial charge on any atom is -0.334 e. The van der Waals surface area contributed by atoms with Crippen LogP contribution >= 0.6 is 23.2 Å². The lowest BCUT2D eigenvalue weighted by atomic mass is 9.83. The molecule has 1 N–H and O–H groups in total. The van der Waals surface area contributed by atoms with Crippen molar-refractivity contribution in [3.8, 4) is 11.5 Å². The van der Waals surface area contributed by atoms with Crippen LogP contribution in [0.25, 0.3) is 11.5 Å². The van der Waals surface area contributed by atoms with E-state index in [0.29, 0.717) is 38.7 Å². The lowest BCUT2D eigenvalue weighted by Gasteiger charge is -2.26. The summed E-state index contributed by atoms with van der Waals surface area (Å²) in [6, 6.07) is 10.6. The largest absolute Gasteiger partial charge is 0.347 e. The first-order chi connectivity index (χ1) is 14.7. The number of aromatic nitrogens is 2. The molecule has 31 heavy (non-hydrogen) atoms. The molecule has 158 valence electrons. The molecule has 2 aromatic carbocycles. The van der Waals surface area contributed by atoms with Gasteiger partial charge in [-0.15, -0.1) is 0 Å². The van der Waals surface area contributed by atoms with Gasteiger partial charge in [-0.1, -0.05) is 53.1 Å². The van der Waals surface area contributed by atoms with E-state index in [0.717, 1.165) is 16.1 Å². The highest BCUT2D eigenvalue weighted by Crippen LogP contribution is 2.42. The molecule has 2 amide bonds. The van der Waals surface area contributed by atoms with Crippen molar-refractivity contribution in [2.45, 2.75) is 26.2 Å². The predicted molar refractivity (Wildman–Crippen MR) is 122 cm³/mol. The van der Waals surface area contributed by atoms with Crippen LogP contribution in [-0.4, -0.2) is 22.4 Å². The summed E-state index contributed by atoms with van der Waals surface area (Å²) >= 11 is 13.2. The molecular weight excluding hydrogens is 437 g/mol. The molecule has 1 aliphatic rings. The number of anilines is 1. The second kappa shape index (κ2) is 7.83. The monoisotopic (exact) mass is 455 g/mol. The molecule has 0 spiro atoms. The van der Waals surface area contributed by atoms with Crippen LogP contribution in [0.2, 0.25) is 10.0 Å². The van der Waals surface area contributed by atoms with Gasteiger partial charge in [-0.05, 0) is 44.5 Å². The van der Waals surface area contributed by atoms with E-state index in [4.69, 9.17) is 27.7 Å². The molecule has 4 rings (SSSR count). The van der Waals surface area contributed by atoms with Crippen molar-refractivity contribution in [3.05, 3.63) is 75.7 Å². The van der Waals surface area contributed by atoms with Gasteiger partial charge in [-0.2, -0.15) is 15.1 Å². The summed E-state index contributed by atoms with van der Waals surface area (Å²) in [7, 11) is 0. The van der Waals surface area contributed by atoms with Crippen LogP contribution < -0.4 is 10.3 Å². The van der Waals surface area contributed by atoms with Crippen LogP contribution in [0, 0.1) is 6.92 Å². The number of rotatable bonds is 4. The summed E-state index contributed by atoms with van der Waals surface area (Å²) in [5.74, 6) is 0.858. The maximum atomic E-state index is 12.2. The number of urea groups is 1. The molecule has 0 unspecified atom stereocenters. The number of nitrogens with zero attached hydrogens (tertiary/aromatic N) is 4. The van der Waals surface area contributed by atoms with Crippen molar-refractivity contribution in [1.82, 2.24) is 15.5 Å². The highest BCUT2D eigenvalue weighted by molar-refractivity contribution is 6.37. The van der Waals surface area contributed by atoms with Crippen molar-refractivity contribution < 1.29 is 9.32 Å². The molecule has 1 aromatic heterocycles. The Morgan fingerprint density at radius 1 is 1.16 bits per heavy atom. The molecule has 0 aliphatic carbocycles. The molecule has 1 aliphatic heterocycles. The average molecular weight is 456 g/mol. The van der Waals surface area contributed by atoms with Crippen molar-refractivity contribution in [2.75, 3.05) is 5.01 Å². The number of amides is 2. The molecule has 0 saturated carbocycles. The maximum Gasteiger partial charge on any atom is 0.347 e. The van der Waals surface area contributed by atoms with Gasteiger partial charge in [0.05, 0.1) is 23.0 Å². The summed E-state index contributed by atoms with van der Waals surface area (Å²) in [6.45, 7) is 9.44. The van der Waals surface area contributed by atoms with Gasteiger partial charge >= 0.3 is 6.03 Å². The summed E-state index contributed by atoms with van der Waals surface area (Å²) in [4.78, 5) is 16.8. The van der Waals surface area contributed by atoms with E-state index in [9.17, 15) is 4.79 Å². The highest BCUT2D eigenvalue weighted by Gasteiger charge is 2.34. The third-order valence-corrected chi connectivity index (χ3v) is 5.64. The SMILES string of the molecule is C=C1C=NN(c2cc(Cl)c(C(C)(C)c3noc(-c4ccccc4C)n3)c(Cl)c2)C(=O)N1. The van der Waals surface area contributed by atoms with Gasteiger partial charge in [-0.25, -0.2) is 4.79 Å². The Balaban J connectivity index is 1.72. The number of allylic oxidation sites excluding steroid dienone is 1. The van der Waals surface area contributed by atoms with Gasteiger partial charge in [0.15, 0.2) is 5.82 Å². The van der Waals surface area contributed by atoms with Gasteiger partial charge in [0.25, 0.3) is 5.89 Å². The van der Waals surface area contributed by atoms with Crippen LogP contribution in [0.5, 0.6) is 0 Å². The predicted octanol–water partition coefficient (Wildman–Crippen LogP) is 5.71. The number of benzene rings is 2. The zero-order valence-corrected chi connectivity index (χ0v) is 18.6. The van der Waals surface area contributed by atoms with Gasteiger partial charge in [-0.3, -0.25) is 0 Å². The van der Waals surface area contributed by atoms with Crippen LogP contribution in [0.15, 0.2) is 58.3 Å². The minimum absolute atomic E-state index is 0.349. The van der Waals surface area contributed by atoms with Gasteiger partial charge in [0, 0.05) is 21.2 Å². The molecule has 0 bridgehead atoms. The van der Waals surface area contributed by atoms with Crippen LogP contribution in [0.3, 0.4) is 0 Å². The first-order valence-corrected chi connectivity index (χ1v) is 10.2. The number of carbonyl (C=O) groups excluding carboxylic acids is 1. The fraction of sp³-hybridized carbons (Fsp3) is 0.182. The van der Waals surface area contributed by atoms with Crippen molar-refractivity contribution in [2.24, 2.45) is 5.10 Å². The van der Waals surface area contributed by atoms with E-state index in [-0.39, 0.29) is 0 Å². The standard InChI is InChI=1S/C22H19Cl2N5O2/c1-12-7-5-6-8-15(12)19-27-20(28-31-19)22(3,4)18-16(23)9-14(10-17(18)24)29-21(30)26-13(2)11-25-29/h5-11H,2H2,1,3-4H3,(H,26,30). The van der Waals surface area contributed by atoms with Crippen LogP contribution in [-0.2, 0) is 5.41 Å². The smallest absolute Gasteiger partial charge is 0.334 e. The minimum atomic E-state index is -0.765. The lowest BCUT2D eigenvalue weighted by molar-refractivity contribution is 0.248. The average Bonchev–Trinajstić information content (AvgIpc) is 3.18. The zero-order valence-electron chi connectivity index (χ0n) is 17.1. The maximum absolute atomic E-state index is 12.2. The molecule has 2 heterocycles. The van der Waals surface area contributed by atoms with E-state index in [1.165, 1.54) is 6.21 Å². The van der Waals surface area contributed by atoms with Gasteiger partial charge in [0.1, 0.15) is 0 Å². The van der Waals surface area contributed by atoms with E-state index in [1.54, 1.807) is 12.1 Å². The Morgan fingerprint density at radius 3 is 2.48 bits per heavy atom. The van der Waals surface area contributed by atoms with Crippen molar-refractivity contribution in [1.29, 1.82) is 0 Å². The third kappa shape index (κ3) is 3.82. The Bertz CT molecular complexity index is 1210. The summed E-state index contributed by atoms with van der Waals surface area (Å²) in [5, 5.41) is 12.7. The van der Waals surface area contributed by atoms with E-state index >= 15 is 0 Å². The normalized spacial score (nSPS) is 14.2. The van der Waals surface area contributed by atoms with Crippen molar-refractivity contribution in [3.63, 3.8) is 0 Å². The fourth-order valence-electron chi connectivity index (χ4n) is 3.38. The molecule has 0 fully saturated rings. The number of hydrogen-bond donors (Lipinski definition) is 1. The summed E-state index contributed by atoms with van der Waals surface area (Å²) < 4.78 is 5.53. The second-order valence-electron chi connectivity index (χ2n) is 7.66. The number of hydrazone groups is 1. The zero-order chi connectivity index (χ0) is 22.3. The quantitative estimate of drug-likeness (QED) is 0.545. The molecule has 9 heteroatoms. The Hall–Kier alpha value is -3.16. The molecule has 7 nitrogen and oxygen atoms in total. The molecule has 0 radical (unpaired) electrons. The first-order valence-electron chi connectivity index (χ1n) is 9.42. The molecular formula is C22H19Cl2N5O2. The fourth-order valence-corrected chi connectivity index (χ4v) is 4.32. The summed E-state index contributed by atoms with van der Waals surface area (Å²) in [5.41, 5.74) is 2.56. The number of nitrogens with one attached hydrogen (secondary N) is 1. The van der Waals surface area contributed by atoms with Crippen LogP contribution in [0.1, 0.15) is 30.8 Å². The van der Waals surface area contributed by atoms with E-state index < -0.39 is 11.4 Å². The first kappa shape index (κ1) is 21.1. The molecule has 3 aromatic rings. The Labute approximate surface area is 189 Å². The third-order valence-electron chi connectivity index (χ3n) is 5.05. The number of halogens is 2. The number of carbonyl (C=O) groups is 1. The number of hydrogen-bond acceptors (Lipinski definition) is 5. The lowest BCUT2D eigenvalue weighted by Crippen LogP contribution is -2.40. The van der Waals surface area contributed by atoms with Crippen LogP contribution in [0.4, 0.5) is 10.5 Å². The summed E-state index contributed by atoms with van der Waals surface area (Å²) in [6.07, 6.45) is 1.44. The van der Waals surface area contributed by atoms with Gasteiger partial charge in [0.2, 0.25) is 0 Å². The molecule has 0 saturated heterocycles. The highest BCUT2D eigenvalue weighted by atomic mass is 35.5. The topological polar surface area (TPSA) is 83.6 Å². The number of aryl methyl sites for hydroxylation is 1. The van der Waals surface area contributed by atoms with E-state index in [2.05, 4.69) is 27.1 Å². The Kier molecular flexibility index (Phi) is 5.33. The van der Waals surface area contributed by atoms with Crippen molar-refractivity contribution >= 4 is 41.1 Å². The second-order valence-corrected chi connectivity index (χ2v) is 8.47. The molecule has 0 atom stereocenters. The van der Waals surface area contributed by atoms with Gasteiger partial charge < -0.3 is 9.84 Å².